The van der Waals surface area contributed by atoms with Crippen molar-refractivity contribution in [3.05, 3.63) is 12.3 Å². The number of sulfonamides is 1. The van der Waals surface area contributed by atoms with E-state index in [0.717, 1.165) is 12.8 Å². The van der Waals surface area contributed by atoms with Crippen LogP contribution in [0.1, 0.15) is 19.8 Å². The summed E-state index contributed by atoms with van der Waals surface area (Å²) in [6, 6.07) is 1.41. The van der Waals surface area contributed by atoms with Crippen LogP contribution in [-0.2, 0) is 10.0 Å². The van der Waals surface area contributed by atoms with Crippen molar-refractivity contribution in [2.75, 3.05) is 19.7 Å². The molecule has 0 atom stereocenters. The maximum atomic E-state index is 12.0. The molecule has 0 unspecified atom stereocenters. The van der Waals surface area contributed by atoms with Crippen LogP contribution < -0.4 is 0 Å². The molecule has 1 rings (SSSR count). The van der Waals surface area contributed by atoms with Gasteiger partial charge in [0.15, 0.2) is 5.03 Å². The summed E-state index contributed by atoms with van der Waals surface area (Å²) in [5.74, 6) is 0. The van der Waals surface area contributed by atoms with Crippen LogP contribution in [0.5, 0.6) is 0 Å². The van der Waals surface area contributed by atoms with Crippen LogP contribution in [0.2, 0.25) is 0 Å². The molecule has 2 N–H and O–H groups in total. The van der Waals surface area contributed by atoms with E-state index in [1.54, 1.807) is 0 Å². The van der Waals surface area contributed by atoms with E-state index >= 15 is 0 Å². The minimum atomic E-state index is -3.54. The molecule has 0 spiro atoms. The Morgan fingerprint density at radius 3 is 2.75 bits per heavy atom. The summed E-state index contributed by atoms with van der Waals surface area (Å²) in [7, 11) is -3.54. The summed E-state index contributed by atoms with van der Waals surface area (Å²) in [6.07, 6.45) is 3.07. The number of unbranched alkanes of at least 4 members (excludes halogenated alkanes) is 1. The van der Waals surface area contributed by atoms with Gasteiger partial charge >= 0.3 is 0 Å². The van der Waals surface area contributed by atoms with Crippen LogP contribution in [-0.4, -0.2) is 47.7 Å². The molecule has 0 bridgehead atoms. The van der Waals surface area contributed by atoms with E-state index in [1.807, 2.05) is 6.92 Å². The highest BCUT2D eigenvalue weighted by Gasteiger charge is 2.24. The van der Waals surface area contributed by atoms with Crippen LogP contribution >= 0.6 is 0 Å². The average Bonchev–Trinajstić information content (AvgIpc) is 2.77. The van der Waals surface area contributed by atoms with Crippen molar-refractivity contribution in [1.82, 2.24) is 14.5 Å². The van der Waals surface area contributed by atoms with E-state index in [9.17, 15) is 8.42 Å². The molecule has 0 saturated heterocycles. The maximum Gasteiger partial charge on any atom is 0.260 e. The van der Waals surface area contributed by atoms with Gasteiger partial charge in [0.2, 0.25) is 0 Å². The normalized spacial score (nSPS) is 12.2. The number of aromatic nitrogens is 2. The molecular formula is C9H17N3O3S. The Bertz CT molecular complexity index is 388. The Kier molecular flexibility index (Phi) is 4.91. The van der Waals surface area contributed by atoms with Gasteiger partial charge in [0.05, 0.1) is 12.8 Å². The van der Waals surface area contributed by atoms with Crippen molar-refractivity contribution in [3.63, 3.8) is 0 Å². The molecule has 16 heavy (non-hydrogen) atoms. The Hall–Kier alpha value is -0.920. The molecule has 0 aliphatic rings. The van der Waals surface area contributed by atoms with E-state index in [2.05, 4.69) is 10.2 Å². The number of H-pyrrole nitrogens is 1. The molecule has 7 heteroatoms. The Balaban J connectivity index is 2.84. The zero-order valence-electron chi connectivity index (χ0n) is 9.26. The molecule has 1 heterocycles. The van der Waals surface area contributed by atoms with Gasteiger partial charge in [-0.1, -0.05) is 13.3 Å². The van der Waals surface area contributed by atoms with Crippen LogP contribution in [0.25, 0.3) is 0 Å². The van der Waals surface area contributed by atoms with E-state index in [-0.39, 0.29) is 18.2 Å². The van der Waals surface area contributed by atoms with Gasteiger partial charge in [-0.2, -0.15) is 9.40 Å². The maximum absolute atomic E-state index is 12.0. The zero-order valence-corrected chi connectivity index (χ0v) is 10.1. The lowest BCUT2D eigenvalue weighted by Crippen LogP contribution is -2.34. The van der Waals surface area contributed by atoms with E-state index in [0.29, 0.717) is 6.54 Å². The number of hydrogen-bond acceptors (Lipinski definition) is 4. The zero-order chi connectivity index (χ0) is 12.0. The first kappa shape index (κ1) is 13.1. The first-order valence-corrected chi connectivity index (χ1v) is 6.67. The average molecular weight is 247 g/mol. The number of nitrogens with zero attached hydrogens (tertiary/aromatic N) is 2. The van der Waals surface area contributed by atoms with Crippen molar-refractivity contribution >= 4 is 10.0 Å². The van der Waals surface area contributed by atoms with Gasteiger partial charge in [0.1, 0.15) is 0 Å². The molecule has 0 fully saturated rings. The van der Waals surface area contributed by atoms with Crippen molar-refractivity contribution in [3.8, 4) is 0 Å². The predicted molar refractivity (Wildman–Crippen MR) is 59.3 cm³/mol. The van der Waals surface area contributed by atoms with Crippen LogP contribution in [0, 0.1) is 0 Å². The largest absolute Gasteiger partial charge is 0.395 e. The van der Waals surface area contributed by atoms with Gasteiger partial charge in [0, 0.05) is 13.1 Å². The summed E-state index contributed by atoms with van der Waals surface area (Å²) in [5.41, 5.74) is 0. The third-order valence-corrected chi connectivity index (χ3v) is 4.03. The molecule has 0 aliphatic heterocycles. The second kappa shape index (κ2) is 5.97. The molecule has 0 aliphatic carbocycles. The van der Waals surface area contributed by atoms with Crippen molar-refractivity contribution in [1.29, 1.82) is 0 Å². The fourth-order valence-corrected chi connectivity index (χ4v) is 2.69. The lowest BCUT2D eigenvalue weighted by atomic mass is 10.3. The van der Waals surface area contributed by atoms with Crippen LogP contribution in [0.3, 0.4) is 0 Å². The Morgan fingerprint density at radius 1 is 1.50 bits per heavy atom. The number of aromatic amines is 1. The van der Waals surface area contributed by atoms with Crippen LogP contribution in [0.15, 0.2) is 17.3 Å². The smallest absolute Gasteiger partial charge is 0.260 e. The third-order valence-electron chi connectivity index (χ3n) is 2.20. The highest BCUT2D eigenvalue weighted by atomic mass is 32.2. The molecule has 0 saturated carbocycles. The summed E-state index contributed by atoms with van der Waals surface area (Å²) in [5, 5.41) is 15.0. The minimum absolute atomic E-state index is 0.0667. The predicted octanol–water partition coefficient (Wildman–Crippen LogP) is 0.193. The number of aliphatic hydroxyl groups is 1. The molecule has 92 valence electrons. The SMILES string of the molecule is CCCCN(CCO)S(=O)(=O)c1ccn[nH]1. The fraction of sp³-hybridized carbons (Fsp3) is 0.667. The summed E-state index contributed by atoms with van der Waals surface area (Å²) in [4.78, 5) is 0. The second-order valence-corrected chi connectivity index (χ2v) is 5.31. The third kappa shape index (κ3) is 3.03. The molecular weight excluding hydrogens is 230 g/mol. The van der Waals surface area contributed by atoms with Crippen LogP contribution in [0.4, 0.5) is 0 Å². The van der Waals surface area contributed by atoms with Gasteiger partial charge in [-0.05, 0) is 12.5 Å². The van der Waals surface area contributed by atoms with Gasteiger partial charge < -0.3 is 5.11 Å². The van der Waals surface area contributed by atoms with Gasteiger partial charge in [-0.15, -0.1) is 0 Å². The monoisotopic (exact) mass is 247 g/mol. The number of aliphatic hydroxyl groups excluding tert-OH is 1. The highest BCUT2D eigenvalue weighted by Crippen LogP contribution is 2.12. The Morgan fingerprint density at radius 2 is 2.25 bits per heavy atom. The van der Waals surface area contributed by atoms with Crippen molar-refractivity contribution in [2.45, 2.75) is 24.8 Å². The molecule has 1 aromatic rings. The lowest BCUT2D eigenvalue weighted by molar-refractivity contribution is 0.252. The van der Waals surface area contributed by atoms with Gasteiger partial charge in [-0.3, -0.25) is 5.10 Å². The molecule has 1 aromatic heterocycles. The Labute approximate surface area is 95.3 Å². The summed E-state index contributed by atoms with van der Waals surface area (Å²) < 4.78 is 25.3. The molecule has 6 nitrogen and oxygen atoms in total. The minimum Gasteiger partial charge on any atom is -0.395 e. The topological polar surface area (TPSA) is 86.3 Å². The highest BCUT2D eigenvalue weighted by molar-refractivity contribution is 7.89. The van der Waals surface area contributed by atoms with Gasteiger partial charge in [0.25, 0.3) is 10.0 Å². The number of hydrogen-bond donors (Lipinski definition) is 2. The van der Waals surface area contributed by atoms with Crippen molar-refractivity contribution in [2.24, 2.45) is 0 Å². The lowest BCUT2D eigenvalue weighted by Gasteiger charge is -2.19. The quantitative estimate of drug-likeness (QED) is 0.720. The summed E-state index contributed by atoms with van der Waals surface area (Å²) in [6.45, 7) is 2.33. The van der Waals surface area contributed by atoms with E-state index in [4.69, 9.17) is 5.11 Å². The van der Waals surface area contributed by atoms with E-state index in [1.165, 1.54) is 16.6 Å². The number of nitrogens with one attached hydrogen (secondary N) is 1. The summed E-state index contributed by atoms with van der Waals surface area (Å²) >= 11 is 0. The van der Waals surface area contributed by atoms with E-state index < -0.39 is 10.0 Å². The van der Waals surface area contributed by atoms with Gasteiger partial charge in [-0.25, -0.2) is 8.42 Å². The first-order valence-electron chi connectivity index (χ1n) is 5.23. The first-order chi connectivity index (χ1) is 7.62. The standard InChI is InChI=1S/C9H17N3O3S/c1-2-3-6-12(7-8-13)16(14,15)9-4-5-10-11-9/h4-5,13H,2-3,6-8H2,1H3,(H,10,11). The van der Waals surface area contributed by atoms with Crippen molar-refractivity contribution < 1.29 is 13.5 Å². The fourth-order valence-electron chi connectivity index (χ4n) is 1.32. The molecule has 0 radical (unpaired) electrons. The molecule has 0 aromatic carbocycles. The number of rotatable bonds is 7. The molecule has 0 amide bonds. The second-order valence-electron chi connectivity index (χ2n) is 3.40.